The first-order valence-corrected chi connectivity index (χ1v) is 5.11. The van der Waals surface area contributed by atoms with Gasteiger partial charge in [-0.3, -0.25) is 4.79 Å². The van der Waals surface area contributed by atoms with Gasteiger partial charge >= 0.3 is 0 Å². The maximum absolute atomic E-state index is 10.9. The molecule has 0 aliphatic rings. The van der Waals surface area contributed by atoms with Gasteiger partial charge in [-0.05, 0) is 37.7 Å². The summed E-state index contributed by atoms with van der Waals surface area (Å²) in [6.07, 6.45) is 3.91. The van der Waals surface area contributed by atoms with Gasteiger partial charge in [0.05, 0.1) is 0 Å². The Hall–Kier alpha value is -0.590. The smallest absolute Gasteiger partial charge is 0.152 e. The Kier molecular flexibility index (Phi) is 5.68. The quantitative estimate of drug-likeness (QED) is 0.594. The van der Waals surface area contributed by atoms with E-state index in [9.17, 15) is 4.79 Å². The van der Waals surface area contributed by atoms with E-state index in [4.69, 9.17) is 0 Å². The molecule has 0 bridgehead atoms. The molecule has 0 unspecified atom stereocenters. The van der Waals surface area contributed by atoms with Crippen molar-refractivity contribution in [2.45, 2.75) is 47.5 Å². The van der Waals surface area contributed by atoms with Crippen molar-refractivity contribution in [2.24, 2.45) is 11.8 Å². The maximum Gasteiger partial charge on any atom is 0.152 e. The van der Waals surface area contributed by atoms with Crippen LogP contribution in [0.4, 0.5) is 0 Å². The molecule has 0 aromatic carbocycles. The molecule has 0 radical (unpaired) electrons. The highest BCUT2D eigenvalue weighted by molar-refractivity contribution is 5.87. The first kappa shape index (κ1) is 12.4. The normalized spacial score (nSPS) is 10.7. The highest BCUT2D eigenvalue weighted by Crippen LogP contribution is 2.18. The molecule has 0 aliphatic carbocycles. The van der Waals surface area contributed by atoms with Crippen molar-refractivity contribution in [3.05, 3.63) is 11.6 Å². The van der Waals surface area contributed by atoms with Crippen molar-refractivity contribution in [1.29, 1.82) is 0 Å². The lowest BCUT2D eigenvalue weighted by molar-refractivity contribution is -0.112. The van der Waals surface area contributed by atoms with Crippen molar-refractivity contribution >= 4 is 5.78 Å². The van der Waals surface area contributed by atoms with Gasteiger partial charge in [0.2, 0.25) is 0 Å². The first-order valence-electron chi connectivity index (χ1n) is 5.11. The number of rotatable bonds is 5. The van der Waals surface area contributed by atoms with E-state index in [0.717, 1.165) is 12.8 Å². The third-order valence-corrected chi connectivity index (χ3v) is 1.75. The number of carbonyl (C=O) groups is 1. The molecule has 1 nitrogen and oxygen atoms in total. The Morgan fingerprint density at radius 2 is 1.46 bits per heavy atom. The van der Waals surface area contributed by atoms with Gasteiger partial charge in [0.15, 0.2) is 5.78 Å². The van der Waals surface area contributed by atoms with E-state index in [1.165, 1.54) is 5.57 Å². The van der Waals surface area contributed by atoms with Gasteiger partial charge in [-0.25, -0.2) is 0 Å². The number of allylic oxidation sites excluding steroid dienone is 2. The molecule has 0 aromatic rings. The molecule has 0 atom stereocenters. The van der Waals surface area contributed by atoms with E-state index >= 15 is 0 Å². The zero-order chi connectivity index (χ0) is 10.4. The molecule has 0 fully saturated rings. The molecule has 0 saturated carbocycles. The summed E-state index contributed by atoms with van der Waals surface area (Å²) in [5, 5.41) is 0. The molecule has 1 heteroatoms. The Bertz CT molecular complexity index is 175. The van der Waals surface area contributed by atoms with Crippen LogP contribution < -0.4 is 0 Å². The lowest BCUT2D eigenvalue weighted by Crippen LogP contribution is -1.99. The fraction of sp³-hybridized carbons (Fsp3) is 0.750. The molecule has 13 heavy (non-hydrogen) atoms. The minimum Gasteiger partial charge on any atom is -0.295 e. The monoisotopic (exact) mass is 182 g/mol. The van der Waals surface area contributed by atoms with E-state index < -0.39 is 0 Å². The molecule has 0 N–H and O–H groups in total. The van der Waals surface area contributed by atoms with Gasteiger partial charge < -0.3 is 0 Å². The Balaban J connectivity index is 4.27. The number of hydrogen-bond donors (Lipinski definition) is 0. The summed E-state index contributed by atoms with van der Waals surface area (Å²) in [5.41, 5.74) is 1.30. The van der Waals surface area contributed by atoms with E-state index in [2.05, 4.69) is 27.7 Å². The third-order valence-electron chi connectivity index (χ3n) is 1.75. The summed E-state index contributed by atoms with van der Waals surface area (Å²) in [6, 6.07) is 0. The molecule has 0 aliphatic heterocycles. The summed E-state index contributed by atoms with van der Waals surface area (Å²) in [7, 11) is 0. The van der Waals surface area contributed by atoms with Crippen LogP contribution in [-0.4, -0.2) is 5.78 Å². The van der Waals surface area contributed by atoms with Gasteiger partial charge in [-0.2, -0.15) is 0 Å². The summed E-state index contributed by atoms with van der Waals surface area (Å²) in [5.74, 6) is 1.46. The van der Waals surface area contributed by atoms with Crippen LogP contribution in [0.1, 0.15) is 47.5 Å². The predicted octanol–water partition coefficient (Wildman–Crippen LogP) is 3.59. The summed E-state index contributed by atoms with van der Waals surface area (Å²) >= 11 is 0. The van der Waals surface area contributed by atoms with Crippen molar-refractivity contribution in [3.63, 3.8) is 0 Å². The van der Waals surface area contributed by atoms with Crippen LogP contribution >= 0.6 is 0 Å². The second-order valence-electron chi connectivity index (χ2n) is 4.61. The van der Waals surface area contributed by atoms with Crippen LogP contribution in [-0.2, 0) is 4.79 Å². The average Bonchev–Trinajstić information content (AvgIpc) is 1.80. The van der Waals surface area contributed by atoms with E-state index in [0.29, 0.717) is 11.8 Å². The number of hydrogen-bond acceptors (Lipinski definition) is 1. The first-order chi connectivity index (χ1) is 5.91. The highest BCUT2D eigenvalue weighted by atomic mass is 16.1. The molecule has 0 saturated heterocycles. The SMILES string of the molecule is CC(=O)C=C(CC(C)C)CC(C)C. The van der Waals surface area contributed by atoms with Gasteiger partial charge in [0.25, 0.3) is 0 Å². The second-order valence-corrected chi connectivity index (χ2v) is 4.61. The molecule has 0 amide bonds. The standard InChI is InChI=1S/C12H22O/c1-9(2)6-12(7-10(3)4)8-11(5)13/h8-10H,6-7H2,1-5H3. The summed E-state index contributed by atoms with van der Waals surface area (Å²) < 4.78 is 0. The lowest BCUT2D eigenvalue weighted by Gasteiger charge is -2.11. The van der Waals surface area contributed by atoms with Crippen LogP contribution in [0.25, 0.3) is 0 Å². The van der Waals surface area contributed by atoms with Crippen molar-refractivity contribution in [2.75, 3.05) is 0 Å². The predicted molar refractivity (Wildman–Crippen MR) is 57.7 cm³/mol. The minimum atomic E-state index is 0.177. The zero-order valence-corrected chi connectivity index (χ0v) is 9.55. The molecule has 76 valence electrons. The molecule has 0 spiro atoms. The number of carbonyl (C=O) groups excluding carboxylic acids is 1. The minimum absolute atomic E-state index is 0.177. The van der Waals surface area contributed by atoms with Crippen LogP contribution in [0.15, 0.2) is 11.6 Å². The molecule has 0 aromatic heterocycles. The lowest BCUT2D eigenvalue weighted by atomic mass is 9.94. The van der Waals surface area contributed by atoms with Gasteiger partial charge in [0.1, 0.15) is 0 Å². The van der Waals surface area contributed by atoms with Gasteiger partial charge in [-0.15, -0.1) is 0 Å². The van der Waals surface area contributed by atoms with Crippen LogP contribution in [0.5, 0.6) is 0 Å². The second kappa shape index (κ2) is 5.95. The van der Waals surface area contributed by atoms with E-state index in [1.807, 2.05) is 0 Å². The summed E-state index contributed by atoms with van der Waals surface area (Å²) in [4.78, 5) is 10.9. The number of ketones is 1. The van der Waals surface area contributed by atoms with Crippen molar-refractivity contribution < 1.29 is 4.79 Å². The third kappa shape index (κ3) is 7.76. The average molecular weight is 182 g/mol. The van der Waals surface area contributed by atoms with Crippen molar-refractivity contribution in [3.8, 4) is 0 Å². The molecule has 0 rings (SSSR count). The van der Waals surface area contributed by atoms with Crippen LogP contribution in [0.2, 0.25) is 0 Å². The fourth-order valence-electron chi connectivity index (χ4n) is 1.54. The van der Waals surface area contributed by atoms with Crippen LogP contribution in [0, 0.1) is 11.8 Å². The molecular weight excluding hydrogens is 160 g/mol. The van der Waals surface area contributed by atoms with Gasteiger partial charge in [-0.1, -0.05) is 33.3 Å². The van der Waals surface area contributed by atoms with E-state index in [1.54, 1.807) is 13.0 Å². The van der Waals surface area contributed by atoms with Crippen molar-refractivity contribution in [1.82, 2.24) is 0 Å². The zero-order valence-electron chi connectivity index (χ0n) is 9.55. The highest BCUT2D eigenvalue weighted by Gasteiger charge is 2.05. The van der Waals surface area contributed by atoms with Crippen LogP contribution in [0.3, 0.4) is 0 Å². The fourth-order valence-corrected chi connectivity index (χ4v) is 1.54. The van der Waals surface area contributed by atoms with E-state index in [-0.39, 0.29) is 5.78 Å². The Morgan fingerprint density at radius 1 is 1.08 bits per heavy atom. The largest absolute Gasteiger partial charge is 0.295 e. The van der Waals surface area contributed by atoms with Gasteiger partial charge in [0, 0.05) is 0 Å². The Morgan fingerprint density at radius 3 is 1.69 bits per heavy atom. The Labute approximate surface area is 82.2 Å². The molecular formula is C12H22O. The maximum atomic E-state index is 10.9. The topological polar surface area (TPSA) is 17.1 Å². The molecule has 0 heterocycles. The summed E-state index contributed by atoms with van der Waals surface area (Å²) in [6.45, 7) is 10.4.